The molecule has 0 radical (unpaired) electrons. The van der Waals surface area contributed by atoms with Gasteiger partial charge in [0.05, 0.1) is 30.5 Å². The molecule has 0 bridgehead atoms. The van der Waals surface area contributed by atoms with E-state index in [0.717, 1.165) is 29.5 Å². The molecule has 0 saturated carbocycles. The molecule has 28 heavy (non-hydrogen) atoms. The molecule has 1 aromatic carbocycles. The number of ether oxygens (including phenoxy) is 2. The van der Waals surface area contributed by atoms with Crippen LogP contribution in [0.4, 0.5) is 0 Å². The molecule has 2 unspecified atom stereocenters. The molecule has 7 heteroatoms. The Morgan fingerprint density at radius 2 is 2.18 bits per heavy atom. The maximum atomic E-state index is 13.1. The minimum absolute atomic E-state index is 0.0186. The standard InChI is InChI=1S/C21H22N4O3/c1-24-18-7-3-2-6-17(18)19(23-24)20(26)25-10-8-21(14-25)11-16(13-27-21)28-15-5-4-9-22-12-15/h2-7,9,12,16H,8,10-11,13-14H2,1H3. The number of hydrogen-bond donors (Lipinski definition) is 0. The zero-order chi connectivity index (χ0) is 19.1. The number of likely N-dealkylation sites (tertiary alicyclic amines) is 1. The van der Waals surface area contributed by atoms with Crippen molar-refractivity contribution in [2.75, 3.05) is 19.7 Å². The predicted octanol–water partition coefficient (Wildman–Crippen LogP) is 2.42. The van der Waals surface area contributed by atoms with Crippen molar-refractivity contribution in [3.8, 4) is 5.75 Å². The number of carbonyl (C=O) groups is 1. The number of aryl methyl sites for hydroxylation is 1. The largest absolute Gasteiger partial charge is 0.486 e. The van der Waals surface area contributed by atoms with E-state index in [-0.39, 0.29) is 17.6 Å². The summed E-state index contributed by atoms with van der Waals surface area (Å²) in [6, 6.07) is 11.6. The van der Waals surface area contributed by atoms with Crippen molar-refractivity contribution < 1.29 is 14.3 Å². The molecule has 5 rings (SSSR count). The summed E-state index contributed by atoms with van der Waals surface area (Å²) in [4.78, 5) is 19.1. The molecule has 7 nitrogen and oxygen atoms in total. The van der Waals surface area contributed by atoms with Crippen LogP contribution in [0.25, 0.3) is 10.9 Å². The first-order valence-corrected chi connectivity index (χ1v) is 9.55. The molecule has 1 spiro atoms. The number of carbonyl (C=O) groups excluding carboxylic acids is 1. The fraction of sp³-hybridized carbons (Fsp3) is 0.381. The first kappa shape index (κ1) is 17.2. The van der Waals surface area contributed by atoms with E-state index in [1.807, 2.05) is 48.3 Å². The highest BCUT2D eigenvalue weighted by atomic mass is 16.6. The van der Waals surface area contributed by atoms with E-state index in [4.69, 9.17) is 9.47 Å². The number of hydrogen-bond acceptors (Lipinski definition) is 5. The average Bonchev–Trinajstić information content (AvgIpc) is 3.41. The average molecular weight is 378 g/mol. The summed E-state index contributed by atoms with van der Waals surface area (Å²) < 4.78 is 13.9. The third-order valence-electron chi connectivity index (χ3n) is 5.68. The number of para-hydroxylation sites is 1. The van der Waals surface area contributed by atoms with E-state index < -0.39 is 0 Å². The summed E-state index contributed by atoms with van der Waals surface area (Å²) in [5, 5.41) is 5.36. The van der Waals surface area contributed by atoms with Crippen LogP contribution in [0.15, 0.2) is 48.8 Å². The summed E-state index contributed by atoms with van der Waals surface area (Å²) >= 11 is 0. The predicted molar refractivity (Wildman–Crippen MR) is 103 cm³/mol. The monoisotopic (exact) mass is 378 g/mol. The van der Waals surface area contributed by atoms with Crippen LogP contribution in [0.3, 0.4) is 0 Å². The highest BCUT2D eigenvalue weighted by molar-refractivity contribution is 6.05. The van der Waals surface area contributed by atoms with Gasteiger partial charge < -0.3 is 14.4 Å². The van der Waals surface area contributed by atoms with Crippen molar-refractivity contribution in [3.05, 3.63) is 54.5 Å². The van der Waals surface area contributed by atoms with Gasteiger partial charge in [-0.05, 0) is 24.6 Å². The minimum atomic E-state index is -0.326. The summed E-state index contributed by atoms with van der Waals surface area (Å²) in [6.45, 7) is 1.77. The SMILES string of the molecule is Cn1nc(C(=O)N2CCC3(CC(Oc4cccnc4)CO3)C2)c2ccccc21. The molecule has 0 aliphatic carbocycles. The maximum absolute atomic E-state index is 13.1. The normalized spacial score (nSPS) is 24.3. The van der Waals surface area contributed by atoms with E-state index >= 15 is 0 Å². The molecule has 3 aromatic rings. The Hall–Kier alpha value is -2.93. The van der Waals surface area contributed by atoms with Gasteiger partial charge in [-0.1, -0.05) is 18.2 Å². The van der Waals surface area contributed by atoms with Crippen molar-refractivity contribution >= 4 is 16.8 Å². The van der Waals surface area contributed by atoms with Crippen molar-refractivity contribution in [1.82, 2.24) is 19.7 Å². The molecule has 2 atom stereocenters. The van der Waals surface area contributed by atoms with E-state index in [1.165, 1.54) is 0 Å². The summed E-state index contributed by atoms with van der Waals surface area (Å²) in [5.74, 6) is 0.716. The van der Waals surface area contributed by atoms with Crippen LogP contribution in [0.5, 0.6) is 5.75 Å². The van der Waals surface area contributed by atoms with Crippen molar-refractivity contribution in [2.45, 2.75) is 24.5 Å². The van der Waals surface area contributed by atoms with Crippen LogP contribution in [0, 0.1) is 0 Å². The Morgan fingerprint density at radius 3 is 3.04 bits per heavy atom. The topological polar surface area (TPSA) is 69.5 Å². The lowest BCUT2D eigenvalue weighted by Crippen LogP contribution is -2.36. The lowest BCUT2D eigenvalue weighted by molar-refractivity contribution is 0.00990. The number of fused-ring (bicyclic) bond motifs is 1. The Kier molecular flexibility index (Phi) is 4.05. The smallest absolute Gasteiger partial charge is 0.275 e. The minimum Gasteiger partial charge on any atom is -0.486 e. The van der Waals surface area contributed by atoms with Crippen LogP contribution in [0.1, 0.15) is 23.3 Å². The van der Waals surface area contributed by atoms with Crippen molar-refractivity contribution in [2.24, 2.45) is 7.05 Å². The van der Waals surface area contributed by atoms with Crippen LogP contribution in [0.2, 0.25) is 0 Å². The summed E-state index contributed by atoms with van der Waals surface area (Å²) in [7, 11) is 1.87. The molecule has 2 aliphatic rings. The van der Waals surface area contributed by atoms with Crippen molar-refractivity contribution in [3.63, 3.8) is 0 Å². The molecular formula is C21H22N4O3. The van der Waals surface area contributed by atoms with Gasteiger partial charge in [-0.15, -0.1) is 0 Å². The van der Waals surface area contributed by atoms with E-state index in [0.29, 0.717) is 25.4 Å². The molecule has 0 N–H and O–H groups in total. The molecule has 1 amide bonds. The lowest BCUT2D eigenvalue weighted by atomic mass is 9.98. The van der Waals surface area contributed by atoms with Crippen LogP contribution in [-0.4, -0.2) is 57.0 Å². The second-order valence-corrected chi connectivity index (χ2v) is 7.59. The molecular weight excluding hydrogens is 356 g/mol. The molecule has 4 heterocycles. The van der Waals surface area contributed by atoms with Gasteiger partial charge in [0.15, 0.2) is 5.69 Å². The molecule has 2 saturated heterocycles. The molecule has 144 valence electrons. The zero-order valence-corrected chi connectivity index (χ0v) is 15.7. The van der Waals surface area contributed by atoms with Crippen LogP contribution >= 0.6 is 0 Å². The third-order valence-corrected chi connectivity index (χ3v) is 5.68. The number of aromatic nitrogens is 3. The second-order valence-electron chi connectivity index (χ2n) is 7.59. The van der Waals surface area contributed by atoms with Gasteiger partial charge in [-0.2, -0.15) is 5.10 Å². The third kappa shape index (κ3) is 2.92. The Balaban J connectivity index is 1.30. The molecule has 2 aromatic heterocycles. The van der Waals surface area contributed by atoms with Crippen LogP contribution < -0.4 is 4.74 Å². The number of rotatable bonds is 3. The number of benzene rings is 1. The molecule has 2 fully saturated rings. The fourth-order valence-electron chi connectivity index (χ4n) is 4.31. The van der Waals surface area contributed by atoms with Crippen molar-refractivity contribution in [1.29, 1.82) is 0 Å². The van der Waals surface area contributed by atoms with Gasteiger partial charge in [0.25, 0.3) is 5.91 Å². The highest BCUT2D eigenvalue weighted by Gasteiger charge is 2.48. The summed E-state index contributed by atoms with van der Waals surface area (Å²) in [6.07, 6.45) is 5.00. The van der Waals surface area contributed by atoms with Crippen LogP contribution in [-0.2, 0) is 11.8 Å². The number of amides is 1. The van der Waals surface area contributed by atoms with E-state index in [9.17, 15) is 4.79 Å². The lowest BCUT2D eigenvalue weighted by Gasteiger charge is -2.23. The highest BCUT2D eigenvalue weighted by Crippen LogP contribution is 2.37. The number of pyridine rings is 1. The van der Waals surface area contributed by atoms with Gasteiger partial charge in [0.1, 0.15) is 11.9 Å². The first-order chi connectivity index (χ1) is 13.6. The second kappa shape index (κ2) is 6.60. The van der Waals surface area contributed by atoms with Gasteiger partial charge in [0.2, 0.25) is 0 Å². The first-order valence-electron chi connectivity index (χ1n) is 9.55. The van der Waals surface area contributed by atoms with Gasteiger partial charge in [0, 0.05) is 31.6 Å². The molecule has 2 aliphatic heterocycles. The van der Waals surface area contributed by atoms with Gasteiger partial charge in [-0.25, -0.2) is 0 Å². The van der Waals surface area contributed by atoms with Gasteiger partial charge >= 0.3 is 0 Å². The number of nitrogens with zero attached hydrogens (tertiary/aromatic N) is 4. The van der Waals surface area contributed by atoms with Gasteiger partial charge in [-0.3, -0.25) is 14.5 Å². The Bertz CT molecular complexity index is 1020. The fourth-order valence-corrected chi connectivity index (χ4v) is 4.31. The van der Waals surface area contributed by atoms with E-state index in [2.05, 4.69) is 10.1 Å². The van der Waals surface area contributed by atoms with E-state index in [1.54, 1.807) is 17.1 Å². The zero-order valence-electron chi connectivity index (χ0n) is 15.7. The Morgan fingerprint density at radius 1 is 1.29 bits per heavy atom. The Labute approximate surface area is 162 Å². The quantitative estimate of drug-likeness (QED) is 0.700. The maximum Gasteiger partial charge on any atom is 0.275 e. The summed E-state index contributed by atoms with van der Waals surface area (Å²) in [5.41, 5.74) is 1.14.